The number of aromatic nitrogens is 2. The van der Waals surface area contributed by atoms with Gasteiger partial charge in [-0.15, -0.1) is 0 Å². The van der Waals surface area contributed by atoms with Gasteiger partial charge in [0.05, 0.1) is 25.3 Å². The minimum atomic E-state index is -0.428. The summed E-state index contributed by atoms with van der Waals surface area (Å²) in [5.41, 5.74) is 1.14. The van der Waals surface area contributed by atoms with Gasteiger partial charge in [0.2, 0.25) is 11.7 Å². The van der Waals surface area contributed by atoms with Crippen LogP contribution < -0.4 is 15.6 Å². The maximum Gasteiger partial charge on any atom is 0.316 e. The molecule has 2 heterocycles. The lowest BCUT2D eigenvalue weighted by atomic mass is 10.2. The van der Waals surface area contributed by atoms with Crippen LogP contribution in [0.5, 0.6) is 5.75 Å². The van der Waals surface area contributed by atoms with E-state index in [-0.39, 0.29) is 5.75 Å². The number of nitrogens with zero attached hydrogens (tertiary/aromatic N) is 1. The van der Waals surface area contributed by atoms with E-state index < -0.39 is 5.56 Å². The highest BCUT2D eigenvalue weighted by Crippen LogP contribution is 2.25. The summed E-state index contributed by atoms with van der Waals surface area (Å²) in [6, 6.07) is 7.45. The molecule has 0 saturated heterocycles. The fourth-order valence-electron chi connectivity index (χ4n) is 1.83. The van der Waals surface area contributed by atoms with Crippen LogP contribution in [0.3, 0.4) is 0 Å². The smallest absolute Gasteiger partial charge is 0.316 e. The first-order valence-corrected chi connectivity index (χ1v) is 5.65. The summed E-state index contributed by atoms with van der Waals surface area (Å²) in [6.07, 6.45) is 3.08. The third-order valence-electron chi connectivity index (χ3n) is 2.73. The molecule has 0 aliphatic carbocycles. The molecule has 0 bridgehead atoms. The van der Waals surface area contributed by atoms with E-state index in [2.05, 4.69) is 15.3 Å². The Morgan fingerprint density at radius 3 is 3.05 bits per heavy atom. The van der Waals surface area contributed by atoms with Gasteiger partial charge in [0.15, 0.2) is 0 Å². The van der Waals surface area contributed by atoms with Gasteiger partial charge in [-0.25, -0.2) is 0 Å². The molecule has 0 spiro atoms. The molecule has 6 nitrogen and oxygen atoms in total. The Labute approximate surface area is 108 Å². The predicted octanol–water partition coefficient (Wildman–Crippen LogP) is 2.27. The van der Waals surface area contributed by atoms with E-state index in [4.69, 9.17) is 9.15 Å². The molecule has 0 amide bonds. The van der Waals surface area contributed by atoms with Gasteiger partial charge in [0.1, 0.15) is 5.58 Å². The summed E-state index contributed by atoms with van der Waals surface area (Å²) in [5, 5.41) is 3.96. The average molecular weight is 257 g/mol. The summed E-state index contributed by atoms with van der Waals surface area (Å²) in [5.74, 6) is 0.520. The number of methoxy groups -OCH3 is 1. The predicted molar refractivity (Wildman–Crippen MR) is 70.9 cm³/mol. The number of rotatable bonds is 3. The normalized spacial score (nSPS) is 10.6. The van der Waals surface area contributed by atoms with Crippen molar-refractivity contribution in [3.05, 3.63) is 47.1 Å². The van der Waals surface area contributed by atoms with Crippen molar-refractivity contribution in [1.29, 1.82) is 0 Å². The zero-order chi connectivity index (χ0) is 13.2. The first-order chi connectivity index (χ1) is 9.28. The van der Waals surface area contributed by atoms with E-state index >= 15 is 0 Å². The zero-order valence-electron chi connectivity index (χ0n) is 10.1. The topological polar surface area (TPSA) is 80.2 Å². The Bertz CT molecular complexity index is 776. The van der Waals surface area contributed by atoms with Crippen LogP contribution >= 0.6 is 0 Å². The molecule has 3 rings (SSSR count). The van der Waals surface area contributed by atoms with Gasteiger partial charge in [-0.3, -0.25) is 4.79 Å². The van der Waals surface area contributed by atoms with Crippen LogP contribution in [0.15, 0.2) is 45.9 Å². The maximum absolute atomic E-state index is 11.6. The van der Waals surface area contributed by atoms with Gasteiger partial charge in [-0.2, -0.15) is 4.98 Å². The van der Waals surface area contributed by atoms with Gasteiger partial charge >= 0.3 is 5.56 Å². The Balaban J connectivity index is 1.99. The summed E-state index contributed by atoms with van der Waals surface area (Å²) in [4.78, 5) is 18.3. The van der Waals surface area contributed by atoms with E-state index in [0.717, 1.165) is 16.7 Å². The molecule has 6 heteroatoms. The molecular weight excluding hydrogens is 246 g/mol. The van der Waals surface area contributed by atoms with Crippen molar-refractivity contribution in [2.45, 2.75) is 0 Å². The standard InChI is InChI=1S/C13H11N3O3/c1-18-11-7-14-13(16-12(11)17)15-9-3-2-4-10-8(9)5-6-19-10/h2-7H,1H3,(H2,14,15,16,17). The SMILES string of the molecule is COc1c[nH]c(Nc2cccc3occc23)nc1=O. The molecule has 0 radical (unpaired) electrons. The van der Waals surface area contributed by atoms with Crippen molar-refractivity contribution in [2.24, 2.45) is 0 Å². The lowest BCUT2D eigenvalue weighted by Crippen LogP contribution is -2.12. The first kappa shape index (κ1) is 11.3. The maximum atomic E-state index is 11.6. The molecule has 0 atom stereocenters. The van der Waals surface area contributed by atoms with Crippen molar-refractivity contribution in [3.63, 3.8) is 0 Å². The van der Waals surface area contributed by atoms with Crippen LogP contribution in [-0.4, -0.2) is 17.1 Å². The van der Waals surface area contributed by atoms with Gasteiger partial charge < -0.3 is 19.5 Å². The van der Waals surface area contributed by atoms with Gasteiger partial charge in [-0.05, 0) is 18.2 Å². The van der Waals surface area contributed by atoms with Crippen molar-refractivity contribution < 1.29 is 9.15 Å². The monoisotopic (exact) mass is 257 g/mol. The summed E-state index contributed by atoms with van der Waals surface area (Å²) in [6.45, 7) is 0. The summed E-state index contributed by atoms with van der Waals surface area (Å²) in [7, 11) is 1.42. The molecular formula is C13H11N3O3. The number of anilines is 2. The number of hydrogen-bond donors (Lipinski definition) is 2. The van der Waals surface area contributed by atoms with Crippen molar-refractivity contribution in [3.8, 4) is 5.75 Å². The van der Waals surface area contributed by atoms with Crippen LogP contribution in [0.1, 0.15) is 0 Å². The highest BCUT2D eigenvalue weighted by Gasteiger charge is 2.06. The Morgan fingerprint density at radius 1 is 1.37 bits per heavy atom. The molecule has 1 aromatic carbocycles. The van der Waals surface area contributed by atoms with Crippen molar-refractivity contribution in [2.75, 3.05) is 12.4 Å². The van der Waals surface area contributed by atoms with E-state index in [9.17, 15) is 4.79 Å². The largest absolute Gasteiger partial charge is 0.490 e. The van der Waals surface area contributed by atoms with E-state index in [1.165, 1.54) is 13.3 Å². The second-order valence-electron chi connectivity index (χ2n) is 3.89. The number of nitrogens with one attached hydrogen (secondary N) is 2. The fraction of sp³-hybridized carbons (Fsp3) is 0.0769. The second-order valence-corrected chi connectivity index (χ2v) is 3.89. The quantitative estimate of drug-likeness (QED) is 0.752. The van der Waals surface area contributed by atoms with Crippen LogP contribution in [0.4, 0.5) is 11.6 Å². The van der Waals surface area contributed by atoms with Crippen LogP contribution in [0, 0.1) is 0 Å². The number of fused-ring (bicyclic) bond motifs is 1. The molecule has 3 aromatic rings. The highest BCUT2D eigenvalue weighted by atomic mass is 16.5. The molecule has 96 valence electrons. The molecule has 19 heavy (non-hydrogen) atoms. The molecule has 2 aromatic heterocycles. The van der Waals surface area contributed by atoms with Crippen LogP contribution in [0.25, 0.3) is 11.0 Å². The number of furan rings is 1. The van der Waals surface area contributed by atoms with Gasteiger partial charge in [0.25, 0.3) is 0 Å². The summed E-state index contributed by atoms with van der Waals surface area (Å²) < 4.78 is 10.2. The lowest BCUT2D eigenvalue weighted by Gasteiger charge is -2.06. The third kappa shape index (κ3) is 2.03. The molecule has 0 saturated carbocycles. The van der Waals surface area contributed by atoms with Crippen LogP contribution in [-0.2, 0) is 0 Å². The molecule has 0 aliphatic rings. The van der Waals surface area contributed by atoms with Crippen molar-refractivity contribution in [1.82, 2.24) is 9.97 Å². The fourth-order valence-corrected chi connectivity index (χ4v) is 1.83. The minimum absolute atomic E-state index is 0.173. The van der Waals surface area contributed by atoms with E-state index in [1.54, 1.807) is 6.26 Å². The highest BCUT2D eigenvalue weighted by molar-refractivity contribution is 5.91. The molecule has 0 fully saturated rings. The van der Waals surface area contributed by atoms with Crippen molar-refractivity contribution >= 4 is 22.6 Å². The Hall–Kier alpha value is -2.76. The lowest BCUT2D eigenvalue weighted by molar-refractivity contribution is 0.406. The number of hydrogen-bond acceptors (Lipinski definition) is 5. The zero-order valence-corrected chi connectivity index (χ0v) is 10.1. The number of H-pyrrole nitrogens is 1. The van der Waals surface area contributed by atoms with Crippen LogP contribution in [0.2, 0.25) is 0 Å². The van der Waals surface area contributed by atoms with Gasteiger partial charge in [-0.1, -0.05) is 6.07 Å². The minimum Gasteiger partial charge on any atom is -0.490 e. The van der Waals surface area contributed by atoms with Gasteiger partial charge in [0, 0.05) is 5.39 Å². The number of aromatic amines is 1. The molecule has 2 N–H and O–H groups in total. The third-order valence-corrected chi connectivity index (χ3v) is 2.73. The average Bonchev–Trinajstić information content (AvgIpc) is 2.88. The second kappa shape index (κ2) is 4.49. The Kier molecular flexibility index (Phi) is 2.68. The molecule has 0 unspecified atom stereocenters. The van der Waals surface area contributed by atoms with E-state index in [1.807, 2.05) is 24.3 Å². The molecule has 0 aliphatic heterocycles. The number of benzene rings is 1. The summed E-state index contributed by atoms with van der Waals surface area (Å²) >= 11 is 0. The van der Waals surface area contributed by atoms with E-state index in [0.29, 0.717) is 5.95 Å². The first-order valence-electron chi connectivity index (χ1n) is 5.65. The Morgan fingerprint density at radius 2 is 2.26 bits per heavy atom. The number of ether oxygens (including phenoxy) is 1.